The standard InChI is InChI=1S/C10H19ClN4O2/c1-15-10(8(11)7-13-15)9(14-12)3-4-17-6-5-16-2/h7,9,14H,3-6,12H2,1-2H3. The molecule has 0 aliphatic rings. The number of hydrazine groups is 1. The molecule has 0 radical (unpaired) electrons. The lowest BCUT2D eigenvalue weighted by Gasteiger charge is -2.16. The van der Waals surface area contributed by atoms with E-state index < -0.39 is 0 Å². The fraction of sp³-hybridized carbons (Fsp3) is 0.700. The zero-order valence-corrected chi connectivity index (χ0v) is 10.9. The third-order valence-corrected chi connectivity index (χ3v) is 2.74. The molecule has 0 aliphatic heterocycles. The molecule has 0 aliphatic carbocycles. The van der Waals surface area contributed by atoms with Gasteiger partial charge in [0.15, 0.2) is 0 Å². The van der Waals surface area contributed by atoms with Crippen molar-refractivity contribution in [2.24, 2.45) is 12.9 Å². The molecule has 1 heterocycles. The van der Waals surface area contributed by atoms with Crippen molar-refractivity contribution in [3.05, 3.63) is 16.9 Å². The summed E-state index contributed by atoms with van der Waals surface area (Å²) in [5.41, 5.74) is 3.59. The number of rotatable bonds is 8. The van der Waals surface area contributed by atoms with Gasteiger partial charge in [0.2, 0.25) is 0 Å². The highest BCUT2D eigenvalue weighted by molar-refractivity contribution is 6.31. The smallest absolute Gasteiger partial charge is 0.0834 e. The maximum absolute atomic E-state index is 6.04. The number of aromatic nitrogens is 2. The van der Waals surface area contributed by atoms with E-state index in [2.05, 4.69) is 10.5 Å². The third-order valence-electron chi connectivity index (χ3n) is 2.45. The maximum atomic E-state index is 6.04. The lowest BCUT2D eigenvalue weighted by Crippen LogP contribution is -2.30. The van der Waals surface area contributed by atoms with Gasteiger partial charge in [-0.2, -0.15) is 5.10 Å². The van der Waals surface area contributed by atoms with Gasteiger partial charge in [-0.05, 0) is 6.42 Å². The third kappa shape index (κ3) is 4.25. The molecule has 1 rings (SSSR count). The van der Waals surface area contributed by atoms with Crippen molar-refractivity contribution in [2.75, 3.05) is 26.9 Å². The van der Waals surface area contributed by atoms with Crippen molar-refractivity contribution in [1.82, 2.24) is 15.2 Å². The van der Waals surface area contributed by atoms with Crippen molar-refractivity contribution >= 4 is 11.6 Å². The van der Waals surface area contributed by atoms with E-state index in [1.165, 1.54) is 0 Å². The van der Waals surface area contributed by atoms with Crippen LogP contribution in [0.25, 0.3) is 0 Å². The molecule has 0 spiro atoms. The summed E-state index contributed by atoms with van der Waals surface area (Å²) in [6.45, 7) is 1.75. The van der Waals surface area contributed by atoms with E-state index >= 15 is 0 Å². The lowest BCUT2D eigenvalue weighted by atomic mass is 10.1. The van der Waals surface area contributed by atoms with Gasteiger partial charge < -0.3 is 9.47 Å². The molecule has 17 heavy (non-hydrogen) atoms. The summed E-state index contributed by atoms with van der Waals surface area (Å²) in [5, 5.41) is 4.68. The fourth-order valence-electron chi connectivity index (χ4n) is 1.56. The molecular weight excluding hydrogens is 244 g/mol. The molecule has 1 atom stereocenters. The van der Waals surface area contributed by atoms with Crippen LogP contribution < -0.4 is 11.3 Å². The van der Waals surface area contributed by atoms with Gasteiger partial charge in [0, 0.05) is 20.8 Å². The Kier molecular flexibility index (Phi) is 6.46. The Morgan fingerprint density at radius 1 is 1.53 bits per heavy atom. The Morgan fingerprint density at radius 2 is 2.29 bits per heavy atom. The molecule has 0 aromatic carbocycles. The largest absolute Gasteiger partial charge is 0.382 e. The molecule has 0 amide bonds. The lowest BCUT2D eigenvalue weighted by molar-refractivity contribution is 0.0654. The Hall–Kier alpha value is -0.660. The quantitative estimate of drug-likeness (QED) is 0.408. The van der Waals surface area contributed by atoms with Gasteiger partial charge in [-0.25, -0.2) is 0 Å². The Balaban J connectivity index is 2.43. The summed E-state index contributed by atoms with van der Waals surface area (Å²) in [4.78, 5) is 0. The molecule has 7 heteroatoms. The van der Waals surface area contributed by atoms with Gasteiger partial charge in [0.05, 0.1) is 36.2 Å². The first-order valence-electron chi connectivity index (χ1n) is 5.41. The van der Waals surface area contributed by atoms with Crippen LogP contribution in [0, 0.1) is 0 Å². The second-order valence-electron chi connectivity index (χ2n) is 3.61. The minimum atomic E-state index is -0.0717. The van der Waals surface area contributed by atoms with Gasteiger partial charge in [-0.15, -0.1) is 0 Å². The molecule has 0 saturated carbocycles. The van der Waals surface area contributed by atoms with E-state index in [1.54, 1.807) is 18.0 Å². The van der Waals surface area contributed by atoms with Crippen LogP contribution >= 0.6 is 11.6 Å². The van der Waals surface area contributed by atoms with Crippen molar-refractivity contribution in [2.45, 2.75) is 12.5 Å². The minimum absolute atomic E-state index is 0.0717. The van der Waals surface area contributed by atoms with Crippen molar-refractivity contribution in [3.8, 4) is 0 Å². The Labute approximate surface area is 106 Å². The highest BCUT2D eigenvalue weighted by Crippen LogP contribution is 2.23. The number of halogens is 1. The van der Waals surface area contributed by atoms with E-state index in [4.69, 9.17) is 26.9 Å². The monoisotopic (exact) mass is 262 g/mol. The summed E-state index contributed by atoms with van der Waals surface area (Å²) in [5.74, 6) is 5.51. The van der Waals surface area contributed by atoms with Crippen LogP contribution in [-0.2, 0) is 16.5 Å². The second-order valence-corrected chi connectivity index (χ2v) is 4.02. The van der Waals surface area contributed by atoms with E-state index in [-0.39, 0.29) is 6.04 Å². The predicted molar refractivity (Wildman–Crippen MR) is 65.6 cm³/mol. The SMILES string of the molecule is COCCOCCC(NN)c1c(Cl)cnn1C. The highest BCUT2D eigenvalue weighted by Gasteiger charge is 2.17. The zero-order valence-electron chi connectivity index (χ0n) is 10.1. The molecular formula is C10H19ClN4O2. The van der Waals surface area contributed by atoms with E-state index in [1.807, 2.05) is 7.05 Å². The Bertz CT molecular complexity index is 313. The molecule has 98 valence electrons. The van der Waals surface area contributed by atoms with Gasteiger partial charge in [0.1, 0.15) is 0 Å². The number of methoxy groups -OCH3 is 1. The van der Waals surface area contributed by atoms with Crippen LogP contribution in [0.5, 0.6) is 0 Å². The van der Waals surface area contributed by atoms with Crippen LogP contribution in [-0.4, -0.2) is 36.7 Å². The molecule has 0 saturated heterocycles. The van der Waals surface area contributed by atoms with Crippen molar-refractivity contribution in [1.29, 1.82) is 0 Å². The van der Waals surface area contributed by atoms with Crippen LogP contribution in [0.4, 0.5) is 0 Å². The minimum Gasteiger partial charge on any atom is -0.382 e. The molecule has 3 N–H and O–H groups in total. The molecule has 1 unspecified atom stereocenters. The number of hydrogen-bond acceptors (Lipinski definition) is 5. The average molecular weight is 263 g/mol. The number of aryl methyl sites for hydroxylation is 1. The molecule has 6 nitrogen and oxygen atoms in total. The van der Waals surface area contributed by atoms with Crippen molar-refractivity contribution < 1.29 is 9.47 Å². The van der Waals surface area contributed by atoms with Crippen LogP contribution in [0.2, 0.25) is 5.02 Å². The summed E-state index contributed by atoms with van der Waals surface area (Å²) in [6, 6.07) is -0.0717. The average Bonchev–Trinajstić information content (AvgIpc) is 2.65. The van der Waals surface area contributed by atoms with E-state index in [9.17, 15) is 0 Å². The van der Waals surface area contributed by atoms with Gasteiger partial charge in [-0.1, -0.05) is 11.6 Å². The maximum Gasteiger partial charge on any atom is 0.0834 e. The summed E-state index contributed by atoms with van der Waals surface area (Å²) in [6.07, 6.45) is 2.33. The normalized spacial score (nSPS) is 12.9. The Morgan fingerprint density at radius 3 is 2.82 bits per heavy atom. The second kappa shape index (κ2) is 7.62. The van der Waals surface area contributed by atoms with Crippen LogP contribution in [0.1, 0.15) is 18.2 Å². The molecule has 1 aromatic heterocycles. The topological polar surface area (TPSA) is 74.3 Å². The van der Waals surface area contributed by atoms with Crippen LogP contribution in [0.15, 0.2) is 6.20 Å². The molecule has 0 bridgehead atoms. The number of hydrogen-bond donors (Lipinski definition) is 2. The zero-order chi connectivity index (χ0) is 12.7. The molecule has 1 aromatic rings. The van der Waals surface area contributed by atoms with E-state index in [0.29, 0.717) is 24.8 Å². The number of nitrogens with zero attached hydrogens (tertiary/aromatic N) is 2. The highest BCUT2D eigenvalue weighted by atomic mass is 35.5. The van der Waals surface area contributed by atoms with Gasteiger partial charge >= 0.3 is 0 Å². The molecule has 0 fully saturated rings. The van der Waals surface area contributed by atoms with E-state index in [0.717, 1.165) is 12.1 Å². The van der Waals surface area contributed by atoms with Gasteiger partial charge in [0.25, 0.3) is 0 Å². The first-order chi connectivity index (χ1) is 8.20. The number of nitrogens with one attached hydrogen (secondary N) is 1. The number of ether oxygens (including phenoxy) is 2. The summed E-state index contributed by atoms with van der Waals surface area (Å²) < 4.78 is 12.0. The summed E-state index contributed by atoms with van der Waals surface area (Å²) >= 11 is 6.04. The van der Waals surface area contributed by atoms with Crippen molar-refractivity contribution in [3.63, 3.8) is 0 Å². The predicted octanol–water partition coefficient (Wildman–Crippen LogP) is 0.631. The number of nitrogens with two attached hydrogens (primary N) is 1. The van der Waals surface area contributed by atoms with Crippen LogP contribution in [0.3, 0.4) is 0 Å². The fourth-order valence-corrected chi connectivity index (χ4v) is 1.85. The van der Waals surface area contributed by atoms with Gasteiger partial charge in [-0.3, -0.25) is 16.0 Å². The summed E-state index contributed by atoms with van der Waals surface area (Å²) in [7, 11) is 3.47. The first kappa shape index (κ1) is 14.4. The first-order valence-corrected chi connectivity index (χ1v) is 5.78.